The molecule has 1 amide bonds. The third kappa shape index (κ3) is 3.55. The molecule has 2 unspecified atom stereocenters. The normalized spacial score (nSPS) is 22.3. The molecular formula is C21H26N2O3. The first kappa shape index (κ1) is 18.3. The van der Waals surface area contributed by atoms with Crippen molar-refractivity contribution in [1.82, 2.24) is 4.90 Å². The van der Waals surface area contributed by atoms with Crippen LogP contribution in [0.15, 0.2) is 24.3 Å². The molecule has 0 saturated carbocycles. The molecule has 2 atom stereocenters. The second-order valence-corrected chi connectivity index (χ2v) is 7.93. The lowest BCUT2D eigenvalue weighted by Gasteiger charge is -2.45. The summed E-state index contributed by atoms with van der Waals surface area (Å²) in [6.07, 6.45) is 5.60. The van der Waals surface area contributed by atoms with Gasteiger partial charge in [0, 0.05) is 6.04 Å². The Hall–Kier alpha value is -2.48. The average Bonchev–Trinajstić information content (AvgIpc) is 2.58. The van der Waals surface area contributed by atoms with E-state index in [1.165, 1.54) is 0 Å². The van der Waals surface area contributed by atoms with Gasteiger partial charge in [0.25, 0.3) is 0 Å². The number of piperidine rings is 1. The van der Waals surface area contributed by atoms with Gasteiger partial charge in [-0.1, -0.05) is 18.2 Å². The highest BCUT2D eigenvalue weighted by atomic mass is 16.6. The van der Waals surface area contributed by atoms with Crippen molar-refractivity contribution < 1.29 is 14.3 Å². The molecule has 138 valence electrons. The van der Waals surface area contributed by atoms with Gasteiger partial charge in [0.2, 0.25) is 0 Å². The lowest BCUT2D eigenvalue weighted by atomic mass is 9.82. The molecule has 3 rings (SSSR count). The Bertz CT molecular complexity index is 770. The largest absolute Gasteiger partial charge is 0.495 e. The molecule has 1 fully saturated rings. The lowest BCUT2D eigenvalue weighted by Crippen LogP contribution is -2.53. The summed E-state index contributed by atoms with van der Waals surface area (Å²) in [5.74, 6) is 0.589. The van der Waals surface area contributed by atoms with E-state index in [1.807, 2.05) is 37.8 Å². The number of ether oxygens (including phenoxy) is 2. The summed E-state index contributed by atoms with van der Waals surface area (Å²) in [5.41, 5.74) is 2.09. The van der Waals surface area contributed by atoms with Crippen molar-refractivity contribution in [3.8, 4) is 11.8 Å². The van der Waals surface area contributed by atoms with Gasteiger partial charge in [-0.2, -0.15) is 5.26 Å². The number of benzene rings is 1. The number of hydrogen-bond acceptors (Lipinski definition) is 4. The van der Waals surface area contributed by atoms with Crippen molar-refractivity contribution in [3.05, 3.63) is 35.4 Å². The molecule has 2 bridgehead atoms. The molecule has 2 aliphatic rings. The molecule has 26 heavy (non-hydrogen) atoms. The van der Waals surface area contributed by atoms with Crippen LogP contribution in [0.5, 0.6) is 5.75 Å². The Balaban J connectivity index is 1.95. The summed E-state index contributed by atoms with van der Waals surface area (Å²) in [7, 11) is 1.58. The van der Waals surface area contributed by atoms with E-state index in [0.717, 1.165) is 36.8 Å². The maximum absolute atomic E-state index is 12.7. The Labute approximate surface area is 155 Å². The van der Waals surface area contributed by atoms with Gasteiger partial charge in [0.15, 0.2) is 0 Å². The van der Waals surface area contributed by atoms with Crippen molar-refractivity contribution in [2.45, 2.75) is 64.1 Å². The number of hydrogen-bond donors (Lipinski definition) is 0. The van der Waals surface area contributed by atoms with E-state index < -0.39 is 5.60 Å². The molecule has 0 spiro atoms. The molecule has 1 saturated heterocycles. The fraction of sp³-hybridized carbons (Fsp3) is 0.524. The summed E-state index contributed by atoms with van der Waals surface area (Å²) >= 11 is 0. The number of nitriles is 1. The second kappa shape index (κ2) is 7.03. The van der Waals surface area contributed by atoms with Crippen molar-refractivity contribution in [3.63, 3.8) is 0 Å². The first-order valence-electron chi connectivity index (χ1n) is 9.13. The zero-order valence-electron chi connectivity index (χ0n) is 15.9. The van der Waals surface area contributed by atoms with Gasteiger partial charge < -0.3 is 9.47 Å². The third-order valence-corrected chi connectivity index (χ3v) is 4.95. The van der Waals surface area contributed by atoms with Crippen LogP contribution in [0.3, 0.4) is 0 Å². The van der Waals surface area contributed by atoms with Gasteiger partial charge in [-0.25, -0.2) is 4.79 Å². The Morgan fingerprint density at radius 1 is 1.31 bits per heavy atom. The predicted octanol–water partition coefficient (Wildman–Crippen LogP) is 4.51. The van der Waals surface area contributed by atoms with Gasteiger partial charge >= 0.3 is 6.09 Å². The summed E-state index contributed by atoms with van der Waals surface area (Å²) in [4.78, 5) is 14.6. The smallest absolute Gasteiger partial charge is 0.411 e. The molecule has 1 aromatic rings. The number of rotatable bonds is 2. The second-order valence-electron chi connectivity index (χ2n) is 7.93. The number of carbonyl (C=O) groups is 1. The van der Waals surface area contributed by atoms with E-state index in [9.17, 15) is 10.1 Å². The number of methoxy groups -OCH3 is 1. The van der Waals surface area contributed by atoms with E-state index >= 15 is 0 Å². The average molecular weight is 354 g/mol. The molecule has 0 aromatic heterocycles. The van der Waals surface area contributed by atoms with Crippen molar-refractivity contribution in [1.29, 1.82) is 5.26 Å². The SMILES string of the molecule is COc1cccc(C2=CC3CCCC(C2)N3C(=O)OC(C)(C)C)c1C#N. The van der Waals surface area contributed by atoms with Gasteiger partial charge in [-0.15, -0.1) is 0 Å². The van der Waals surface area contributed by atoms with E-state index in [0.29, 0.717) is 11.3 Å². The molecule has 1 aromatic carbocycles. The van der Waals surface area contributed by atoms with Gasteiger partial charge in [-0.05, 0) is 63.7 Å². The third-order valence-electron chi connectivity index (χ3n) is 4.95. The van der Waals surface area contributed by atoms with Crippen LogP contribution in [0.4, 0.5) is 4.79 Å². The van der Waals surface area contributed by atoms with Gasteiger partial charge in [0.05, 0.1) is 13.2 Å². The van der Waals surface area contributed by atoms with Crippen LogP contribution in [0.1, 0.15) is 57.6 Å². The summed E-state index contributed by atoms with van der Waals surface area (Å²) in [5, 5.41) is 9.59. The Morgan fingerprint density at radius 2 is 2.08 bits per heavy atom. The zero-order chi connectivity index (χ0) is 18.9. The van der Waals surface area contributed by atoms with Crippen LogP contribution in [0.2, 0.25) is 0 Å². The number of nitrogens with zero attached hydrogens (tertiary/aromatic N) is 2. The molecule has 0 aliphatic carbocycles. The number of carbonyl (C=O) groups excluding carboxylic acids is 1. The first-order valence-corrected chi connectivity index (χ1v) is 9.13. The van der Waals surface area contributed by atoms with Crippen molar-refractivity contribution in [2.24, 2.45) is 0 Å². The molecule has 0 radical (unpaired) electrons. The molecule has 2 aliphatic heterocycles. The van der Waals surface area contributed by atoms with Crippen LogP contribution in [0.25, 0.3) is 5.57 Å². The van der Waals surface area contributed by atoms with Crippen molar-refractivity contribution >= 4 is 11.7 Å². The maximum atomic E-state index is 12.7. The topological polar surface area (TPSA) is 62.6 Å². The summed E-state index contributed by atoms with van der Waals surface area (Å²) in [6, 6.07) is 8.08. The van der Waals surface area contributed by atoms with Gasteiger partial charge in [-0.3, -0.25) is 4.90 Å². The first-order chi connectivity index (χ1) is 12.3. The number of amides is 1. The van der Waals surface area contributed by atoms with Crippen LogP contribution < -0.4 is 4.74 Å². The van der Waals surface area contributed by atoms with E-state index in [-0.39, 0.29) is 18.2 Å². The lowest BCUT2D eigenvalue weighted by molar-refractivity contribution is 0.0000829. The standard InChI is InChI=1S/C21H26N2O3/c1-21(2,3)26-20(24)23-15-7-5-8-16(23)12-14(11-15)17-9-6-10-19(25-4)18(17)13-22/h6,9-11,15-16H,5,7-8,12H2,1-4H3. The molecular weight excluding hydrogens is 328 g/mol. The van der Waals surface area contributed by atoms with Crippen LogP contribution in [0, 0.1) is 11.3 Å². The maximum Gasteiger partial charge on any atom is 0.411 e. The van der Waals surface area contributed by atoms with Crippen LogP contribution in [-0.2, 0) is 4.74 Å². The number of fused-ring (bicyclic) bond motifs is 2. The Kier molecular flexibility index (Phi) is 4.95. The van der Waals surface area contributed by atoms with E-state index in [4.69, 9.17) is 9.47 Å². The van der Waals surface area contributed by atoms with Crippen molar-refractivity contribution in [2.75, 3.05) is 7.11 Å². The zero-order valence-corrected chi connectivity index (χ0v) is 15.9. The fourth-order valence-corrected chi connectivity index (χ4v) is 3.91. The fourth-order valence-electron chi connectivity index (χ4n) is 3.91. The highest BCUT2D eigenvalue weighted by molar-refractivity contribution is 5.78. The highest BCUT2D eigenvalue weighted by Gasteiger charge is 2.39. The quantitative estimate of drug-likeness (QED) is 0.784. The highest BCUT2D eigenvalue weighted by Crippen LogP contribution is 2.39. The Morgan fingerprint density at radius 3 is 2.69 bits per heavy atom. The molecule has 2 heterocycles. The van der Waals surface area contributed by atoms with Crippen LogP contribution >= 0.6 is 0 Å². The van der Waals surface area contributed by atoms with E-state index in [1.54, 1.807) is 13.2 Å². The predicted molar refractivity (Wildman–Crippen MR) is 99.8 cm³/mol. The minimum Gasteiger partial charge on any atom is -0.495 e. The molecule has 0 N–H and O–H groups in total. The minimum absolute atomic E-state index is 0.0186. The monoisotopic (exact) mass is 354 g/mol. The van der Waals surface area contributed by atoms with Gasteiger partial charge in [0.1, 0.15) is 23.0 Å². The minimum atomic E-state index is -0.504. The summed E-state index contributed by atoms with van der Waals surface area (Å²) in [6.45, 7) is 5.67. The molecule has 5 heteroatoms. The van der Waals surface area contributed by atoms with E-state index in [2.05, 4.69) is 12.1 Å². The summed E-state index contributed by atoms with van der Waals surface area (Å²) < 4.78 is 11.0. The van der Waals surface area contributed by atoms with Crippen LogP contribution in [-0.4, -0.2) is 35.8 Å². The molecule has 5 nitrogen and oxygen atoms in total.